The van der Waals surface area contributed by atoms with Crippen LogP contribution < -0.4 is 5.32 Å². The second kappa shape index (κ2) is 5.36. The molecule has 1 N–H and O–H groups in total. The monoisotopic (exact) mass is 329 g/mol. The van der Waals surface area contributed by atoms with Crippen LogP contribution >= 0.6 is 27.3 Å². The van der Waals surface area contributed by atoms with Gasteiger partial charge in [0.1, 0.15) is 5.00 Å². The number of amides is 1. The quantitative estimate of drug-likeness (QED) is 0.878. The summed E-state index contributed by atoms with van der Waals surface area (Å²) >= 11 is 4.35. The van der Waals surface area contributed by atoms with Crippen LogP contribution in [0.2, 0.25) is 0 Å². The van der Waals surface area contributed by atoms with Crippen molar-refractivity contribution in [1.82, 2.24) is 0 Å². The van der Waals surface area contributed by atoms with Crippen molar-refractivity contribution in [3.05, 3.63) is 39.6 Å². The van der Waals surface area contributed by atoms with Crippen LogP contribution in [-0.4, -0.2) is 19.0 Å². The number of methoxy groups -OCH3 is 1. The molecule has 7 heteroatoms. The first-order valence-corrected chi connectivity index (χ1v) is 6.51. The molecule has 0 saturated carbocycles. The molecule has 2 heterocycles. The Kier molecular flexibility index (Phi) is 3.83. The minimum Gasteiger partial charge on any atom is -0.465 e. The standard InChI is InChI=1S/C11H8BrNO4S/c1-16-11(15)6-4-5-18-10(6)13-9(14)7-2-3-8(12)17-7/h2-5H,1H3,(H,13,14). The van der Waals surface area contributed by atoms with E-state index in [1.54, 1.807) is 17.5 Å². The number of thiophene rings is 1. The molecule has 0 aromatic carbocycles. The zero-order valence-corrected chi connectivity index (χ0v) is 11.6. The number of ether oxygens (including phenoxy) is 1. The van der Waals surface area contributed by atoms with Crippen LogP contribution in [0, 0.1) is 0 Å². The number of furan rings is 1. The van der Waals surface area contributed by atoms with E-state index in [1.165, 1.54) is 24.5 Å². The average Bonchev–Trinajstić information content (AvgIpc) is 2.97. The van der Waals surface area contributed by atoms with Crippen LogP contribution in [0.5, 0.6) is 0 Å². The van der Waals surface area contributed by atoms with Crippen LogP contribution in [0.15, 0.2) is 32.7 Å². The molecule has 0 unspecified atom stereocenters. The molecule has 2 rings (SSSR count). The molecule has 0 saturated heterocycles. The number of nitrogens with one attached hydrogen (secondary N) is 1. The fourth-order valence-corrected chi connectivity index (χ4v) is 2.35. The average molecular weight is 330 g/mol. The van der Waals surface area contributed by atoms with E-state index in [4.69, 9.17) is 4.42 Å². The van der Waals surface area contributed by atoms with E-state index in [-0.39, 0.29) is 5.76 Å². The summed E-state index contributed by atoms with van der Waals surface area (Å²) in [5, 5.41) is 4.72. The van der Waals surface area contributed by atoms with Crippen molar-refractivity contribution in [2.45, 2.75) is 0 Å². The summed E-state index contributed by atoms with van der Waals surface area (Å²) in [6.07, 6.45) is 0. The Labute approximate surface area is 115 Å². The van der Waals surface area contributed by atoms with Crippen molar-refractivity contribution in [1.29, 1.82) is 0 Å². The third-order valence-electron chi connectivity index (χ3n) is 2.09. The third-order valence-corrected chi connectivity index (χ3v) is 3.35. The van der Waals surface area contributed by atoms with Crippen molar-refractivity contribution in [3.8, 4) is 0 Å². The summed E-state index contributed by atoms with van der Waals surface area (Å²) in [6.45, 7) is 0. The lowest BCUT2D eigenvalue weighted by Gasteiger charge is -2.03. The van der Waals surface area contributed by atoms with E-state index in [0.717, 1.165) is 0 Å². The molecule has 2 aromatic rings. The largest absolute Gasteiger partial charge is 0.465 e. The highest BCUT2D eigenvalue weighted by Crippen LogP contribution is 2.25. The highest BCUT2D eigenvalue weighted by molar-refractivity contribution is 9.10. The molecule has 0 aliphatic rings. The number of anilines is 1. The topological polar surface area (TPSA) is 68.5 Å². The van der Waals surface area contributed by atoms with Gasteiger partial charge in [-0.25, -0.2) is 4.79 Å². The van der Waals surface area contributed by atoms with Gasteiger partial charge in [0.2, 0.25) is 0 Å². The molecule has 0 spiro atoms. The van der Waals surface area contributed by atoms with Gasteiger partial charge in [-0.05, 0) is 39.5 Å². The van der Waals surface area contributed by atoms with Crippen molar-refractivity contribution in [2.75, 3.05) is 12.4 Å². The molecule has 18 heavy (non-hydrogen) atoms. The third kappa shape index (κ3) is 2.62. The maximum Gasteiger partial charge on any atom is 0.340 e. The van der Waals surface area contributed by atoms with Crippen molar-refractivity contribution >= 4 is 44.1 Å². The highest BCUT2D eigenvalue weighted by Gasteiger charge is 2.17. The van der Waals surface area contributed by atoms with Crippen molar-refractivity contribution in [3.63, 3.8) is 0 Å². The van der Waals surface area contributed by atoms with Crippen LogP contribution in [0.4, 0.5) is 5.00 Å². The molecule has 5 nitrogen and oxygen atoms in total. The number of carbonyl (C=O) groups excluding carboxylic acids is 2. The zero-order chi connectivity index (χ0) is 13.1. The molecule has 2 aromatic heterocycles. The number of hydrogen-bond donors (Lipinski definition) is 1. The summed E-state index contributed by atoms with van der Waals surface area (Å²) in [4.78, 5) is 23.2. The maximum absolute atomic E-state index is 11.8. The Hall–Kier alpha value is -1.60. The first-order valence-electron chi connectivity index (χ1n) is 4.84. The van der Waals surface area contributed by atoms with E-state index in [0.29, 0.717) is 15.2 Å². The summed E-state index contributed by atoms with van der Waals surface area (Å²) in [6, 6.07) is 4.74. The maximum atomic E-state index is 11.8. The van der Waals surface area contributed by atoms with Gasteiger partial charge >= 0.3 is 5.97 Å². The normalized spacial score (nSPS) is 10.1. The fourth-order valence-electron chi connectivity index (χ4n) is 1.28. The highest BCUT2D eigenvalue weighted by atomic mass is 79.9. The second-order valence-corrected chi connectivity index (χ2v) is 4.91. The molecule has 1 amide bonds. The lowest BCUT2D eigenvalue weighted by atomic mass is 10.3. The molecule has 0 aliphatic heterocycles. The Bertz CT molecular complexity index is 589. The van der Waals surface area contributed by atoms with Gasteiger partial charge in [0.25, 0.3) is 5.91 Å². The molecule has 0 bridgehead atoms. The van der Waals surface area contributed by atoms with Crippen LogP contribution in [0.3, 0.4) is 0 Å². The van der Waals surface area contributed by atoms with Crippen LogP contribution in [0.1, 0.15) is 20.9 Å². The minimum absolute atomic E-state index is 0.158. The van der Waals surface area contributed by atoms with E-state index in [2.05, 4.69) is 26.0 Å². The summed E-state index contributed by atoms with van der Waals surface area (Å²) in [5.74, 6) is -0.758. The smallest absolute Gasteiger partial charge is 0.340 e. The van der Waals surface area contributed by atoms with E-state index in [1.807, 2.05) is 0 Å². The molecular formula is C11H8BrNO4S. The number of halogens is 1. The van der Waals surface area contributed by atoms with Crippen molar-refractivity contribution in [2.24, 2.45) is 0 Å². The molecule has 0 aliphatic carbocycles. The Morgan fingerprint density at radius 1 is 1.39 bits per heavy atom. The Morgan fingerprint density at radius 2 is 2.17 bits per heavy atom. The van der Waals surface area contributed by atoms with E-state index < -0.39 is 11.9 Å². The number of hydrogen-bond acceptors (Lipinski definition) is 5. The Balaban J connectivity index is 2.17. The zero-order valence-electron chi connectivity index (χ0n) is 9.23. The number of rotatable bonds is 3. The van der Waals surface area contributed by atoms with Gasteiger partial charge in [-0.2, -0.15) is 0 Å². The lowest BCUT2D eigenvalue weighted by Crippen LogP contribution is -2.12. The minimum atomic E-state index is -0.493. The molecule has 0 radical (unpaired) electrons. The molecular weight excluding hydrogens is 322 g/mol. The van der Waals surface area contributed by atoms with E-state index in [9.17, 15) is 9.59 Å². The lowest BCUT2D eigenvalue weighted by molar-refractivity contribution is 0.0602. The predicted octanol–water partition coefficient (Wildman–Crippen LogP) is 3.14. The van der Waals surface area contributed by atoms with Gasteiger partial charge in [-0.15, -0.1) is 11.3 Å². The fraction of sp³-hybridized carbons (Fsp3) is 0.0909. The molecule has 94 valence electrons. The van der Waals surface area contributed by atoms with E-state index >= 15 is 0 Å². The first-order chi connectivity index (χ1) is 8.61. The summed E-state index contributed by atoms with van der Waals surface area (Å²) in [5.41, 5.74) is 0.321. The van der Waals surface area contributed by atoms with Gasteiger partial charge in [-0.1, -0.05) is 0 Å². The van der Waals surface area contributed by atoms with Crippen molar-refractivity contribution < 1.29 is 18.7 Å². The van der Waals surface area contributed by atoms with Crippen LogP contribution in [-0.2, 0) is 4.74 Å². The second-order valence-electron chi connectivity index (χ2n) is 3.21. The van der Waals surface area contributed by atoms with Gasteiger partial charge in [0.05, 0.1) is 12.7 Å². The number of carbonyl (C=O) groups is 2. The van der Waals surface area contributed by atoms with Gasteiger partial charge < -0.3 is 14.5 Å². The van der Waals surface area contributed by atoms with Crippen LogP contribution in [0.25, 0.3) is 0 Å². The van der Waals surface area contributed by atoms with Gasteiger partial charge in [-0.3, -0.25) is 4.79 Å². The summed E-state index contributed by atoms with van der Waals surface area (Å²) < 4.78 is 10.2. The summed E-state index contributed by atoms with van der Waals surface area (Å²) in [7, 11) is 1.29. The molecule has 0 fully saturated rings. The number of esters is 1. The first kappa shape index (κ1) is 12.8. The SMILES string of the molecule is COC(=O)c1ccsc1NC(=O)c1ccc(Br)o1. The molecule has 0 atom stereocenters. The van der Waals surface area contributed by atoms with Gasteiger partial charge in [0, 0.05) is 0 Å². The van der Waals surface area contributed by atoms with Gasteiger partial charge in [0.15, 0.2) is 10.4 Å². The Morgan fingerprint density at radius 3 is 2.78 bits per heavy atom. The predicted molar refractivity (Wildman–Crippen MR) is 70.0 cm³/mol.